The van der Waals surface area contributed by atoms with Gasteiger partial charge in [0.25, 0.3) is 0 Å². The van der Waals surface area contributed by atoms with Crippen LogP contribution in [0.2, 0.25) is 0 Å². The molecular formula is C11H18N2S. The number of hydrogen-bond acceptors (Lipinski definition) is 3. The Balaban J connectivity index is 2.00. The molecule has 14 heavy (non-hydrogen) atoms. The Bertz CT molecular complexity index is 271. The van der Waals surface area contributed by atoms with Gasteiger partial charge in [-0.1, -0.05) is 6.07 Å². The fraction of sp³-hybridized carbons (Fsp3) is 0.636. The van der Waals surface area contributed by atoms with Crippen molar-refractivity contribution >= 4 is 11.3 Å². The van der Waals surface area contributed by atoms with Gasteiger partial charge in [-0.25, -0.2) is 0 Å². The van der Waals surface area contributed by atoms with Gasteiger partial charge in [0.05, 0.1) is 0 Å². The summed E-state index contributed by atoms with van der Waals surface area (Å²) in [6.07, 6.45) is 2.44. The molecule has 1 fully saturated rings. The molecule has 0 amide bonds. The molecule has 3 heteroatoms. The van der Waals surface area contributed by atoms with Gasteiger partial charge in [0.2, 0.25) is 0 Å². The lowest BCUT2D eigenvalue weighted by atomic mass is 10.0. The van der Waals surface area contributed by atoms with Crippen molar-refractivity contribution in [1.82, 2.24) is 4.90 Å². The Kier molecular flexibility index (Phi) is 3.21. The zero-order valence-electron chi connectivity index (χ0n) is 8.65. The Morgan fingerprint density at radius 2 is 2.50 bits per heavy atom. The van der Waals surface area contributed by atoms with Crippen LogP contribution in [0.25, 0.3) is 0 Å². The summed E-state index contributed by atoms with van der Waals surface area (Å²) in [5.41, 5.74) is 5.98. The normalized spacial score (nSPS) is 26.3. The third kappa shape index (κ3) is 2.16. The number of nitrogens with zero attached hydrogens (tertiary/aromatic N) is 1. The first-order chi connectivity index (χ1) is 6.77. The molecule has 1 aromatic heterocycles. The summed E-state index contributed by atoms with van der Waals surface area (Å²) in [6.45, 7) is 4.54. The summed E-state index contributed by atoms with van der Waals surface area (Å²) >= 11 is 1.84. The summed E-state index contributed by atoms with van der Waals surface area (Å²) in [5, 5.41) is 2.15. The van der Waals surface area contributed by atoms with E-state index in [1.54, 1.807) is 0 Å². The highest BCUT2D eigenvalue weighted by Crippen LogP contribution is 2.26. The van der Waals surface area contributed by atoms with Crippen molar-refractivity contribution in [2.24, 2.45) is 5.73 Å². The van der Waals surface area contributed by atoms with Crippen molar-refractivity contribution in [3.05, 3.63) is 22.4 Å². The van der Waals surface area contributed by atoms with Crippen LogP contribution in [0.5, 0.6) is 0 Å². The highest BCUT2D eigenvalue weighted by Gasteiger charge is 2.22. The SMILES string of the molecule is CC(c1cccs1)N1CCCC(N)C1. The highest BCUT2D eigenvalue weighted by molar-refractivity contribution is 7.10. The van der Waals surface area contributed by atoms with E-state index in [9.17, 15) is 0 Å². The molecule has 2 nitrogen and oxygen atoms in total. The minimum Gasteiger partial charge on any atom is -0.327 e. The number of hydrogen-bond donors (Lipinski definition) is 1. The van der Waals surface area contributed by atoms with Crippen molar-refractivity contribution in [2.75, 3.05) is 13.1 Å². The van der Waals surface area contributed by atoms with Crippen LogP contribution in [-0.2, 0) is 0 Å². The Hall–Kier alpha value is -0.380. The molecule has 1 aliphatic rings. The van der Waals surface area contributed by atoms with Gasteiger partial charge in [-0.3, -0.25) is 4.90 Å². The summed E-state index contributed by atoms with van der Waals surface area (Å²) in [5.74, 6) is 0. The molecular weight excluding hydrogens is 192 g/mol. The van der Waals surface area contributed by atoms with Gasteiger partial charge in [-0.15, -0.1) is 11.3 Å². The molecule has 2 N–H and O–H groups in total. The summed E-state index contributed by atoms with van der Waals surface area (Å²) in [6, 6.07) is 5.27. The molecule has 0 aliphatic carbocycles. The predicted octanol–water partition coefficient (Wildman–Crippen LogP) is 2.23. The molecule has 2 heterocycles. The van der Waals surface area contributed by atoms with Crippen molar-refractivity contribution in [1.29, 1.82) is 0 Å². The summed E-state index contributed by atoms with van der Waals surface area (Å²) < 4.78 is 0. The second-order valence-electron chi connectivity index (χ2n) is 4.09. The summed E-state index contributed by atoms with van der Waals surface area (Å²) in [4.78, 5) is 3.96. The first-order valence-corrected chi connectivity index (χ1v) is 6.18. The molecule has 1 saturated heterocycles. The van der Waals surface area contributed by atoms with Gasteiger partial charge in [0.1, 0.15) is 0 Å². The molecule has 0 radical (unpaired) electrons. The van der Waals surface area contributed by atoms with Crippen LogP contribution in [0.4, 0.5) is 0 Å². The lowest BCUT2D eigenvalue weighted by Crippen LogP contribution is -2.43. The molecule has 2 unspecified atom stereocenters. The van der Waals surface area contributed by atoms with Crippen LogP contribution in [0.1, 0.15) is 30.7 Å². The topological polar surface area (TPSA) is 29.3 Å². The van der Waals surface area contributed by atoms with Gasteiger partial charge >= 0.3 is 0 Å². The van der Waals surface area contributed by atoms with Crippen molar-refractivity contribution in [2.45, 2.75) is 31.8 Å². The van der Waals surface area contributed by atoms with E-state index in [4.69, 9.17) is 5.73 Å². The van der Waals surface area contributed by atoms with Crippen LogP contribution in [-0.4, -0.2) is 24.0 Å². The number of piperidine rings is 1. The quantitative estimate of drug-likeness (QED) is 0.811. The standard InChI is InChI=1S/C11H18N2S/c1-9(11-5-3-7-14-11)13-6-2-4-10(12)8-13/h3,5,7,9-10H,2,4,6,8,12H2,1H3. The molecule has 0 aromatic carbocycles. The Morgan fingerprint density at radius 3 is 3.14 bits per heavy atom. The van der Waals surface area contributed by atoms with Crippen LogP contribution in [0, 0.1) is 0 Å². The van der Waals surface area contributed by atoms with E-state index in [1.807, 2.05) is 11.3 Å². The Labute approximate surface area is 89.7 Å². The average molecular weight is 210 g/mol. The van der Waals surface area contributed by atoms with Gasteiger partial charge in [-0.2, -0.15) is 0 Å². The monoisotopic (exact) mass is 210 g/mol. The fourth-order valence-electron chi connectivity index (χ4n) is 2.10. The molecule has 1 aromatic rings. The lowest BCUT2D eigenvalue weighted by molar-refractivity contribution is 0.161. The second-order valence-corrected chi connectivity index (χ2v) is 5.07. The van der Waals surface area contributed by atoms with E-state index in [0.29, 0.717) is 12.1 Å². The zero-order chi connectivity index (χ0) is 9.97. The molecule has 2 atom stereocenters. The third-order valence-corrected chi connectivity index (χ3v) is 4.03. The molecule has 0 saturated carbocycles. The van der Waals surface area contributed by atoms with Crippen molar-refractivity contribution in [3.63, 3.8) is 0 Å². The van der Waals surface area contributed by atoms with E-state index in [0.717, 1.165) is 6.54 Å². The minimum atomic E-state index is 0.381. The van der Waals surface area contributed by atoms with Gasteiger partial charge in [0, 0.05) is 23.5 Å². The number of nitrogens with two attached hydrogens (primary N) is 1. The van der Waals surface area contributed by atoms with Crippen LogP contribution >= 0.6 is 11.3 Å². The van der Waals surface area contributed by atoms with E-state index in [1.165, 1.54) is 24.3 Å². The molecule has 78 valence electrons. The average Bonchev–Trinajstić information content (AvgIpc) is 2.69. The van der Waals surface area contributed by atoms with E-state index in [2.05, 4.69) is 29.3 Å². The number of likely N-dealkylation sites (tertiary alicyclic amines) is 1. The first kappa shape index (κ1) is 10.1. The molecule has 0 bridgehead atoms. The molecule has 2 rings (SSSR count). The predicted molar refractivity (Wildman–Crippen MR) is 61.5 cm³/mol. The van der Waals surface area contributed by atoms with Gasteiger partial charge in [0.15, 0.2) is 0 Å². The highest BCUT2D eigenvalue weighted by atomic mass is 32.1. The maximum atomic E-state index is 5.98. The number of thiophene rings is 1. The zero-order valence-corrected chi connectivity index (χ0v) is 9.46. The van der Waals surface area contributed by atoms with Crippen molar-refractivity contribution < 1.29 is 0 Å². The van der Waals surface area contributed by atoms with E-state index < -0.39 is 0 Å². The fourth-order valence-corrected chi connectivity index (χ4v) is 2.92. The molecule has 0 spiro atoms. The smallest absolute Gasteiger partial charge is 0.0413 e. The maximum Gasteiger partial charge on any atom is 0.0413 e. The van der Waals surface area contributed by atoms with Crippen LogP contribution in [0.3, 0.4) is 0 Å². The van der Waals surface area contributed by atoms with Crippen molar-refractivity contribution in [3.8, 4) is 0 Å². The van der Waals surface area contributed by atoms with Crippen LogP contribution in [0.15, 0.2) is 17.5 Å². The van der Waals surface area contributed by atoms with Gasteiger partial charge in [-0.05, 0) is 37.8 Å². The molecule has 1 aliphatic heterocycles. The number of rotatable bonds is 2. The Morgan fingerprint density at radius 1 is 1.64 bits per heavy atom. The van der Waals surface area contributed by atoms with E-state index >= 15 is 0 Å². The largest absolute Gasteiger partial charge is 0.327 e. The first-order valence-electron chi connectivity index (χ1n) is 5.30. The summed E-state index contributed by atoms with van der Waals surface area (Å²) in [7, 11) is 0. The minimum absolute atomic E-state index is 0.381. The third-order valence-electron chi connectivity index (χ3n) is 2.99. The second kappa shape index (κ2) is 4.43. The van der Waals surface area contributed by atoms with E-state index in [-0.39, 0.29) is 0 Å². The van der Waals surface area contributed by atoms with Gasteiger partial charge < -0.3 is 5.73 Å². The lowest BCUT2D eigenvalue weighted by Gasteiger charge is -2.34. The van der Waals surface area contributed by atoms with Crippen LogP contribution < -0.4 is 5.73 Å². The maximum absolute atomic E-state index is 5.98.